The highest BCUT2D eigenvalue weighted by Crippen LogP contribution is 2.23. The van der Waals surface area contributed by atoms with Crippen molar-refractivity contribution in [2.24, 2.45) is 5.92 Å². The fourth-order valence-corrected chi connectivity index (χ4v) is 2.35. The van der Waals surface area contributed by atoms with E-state index in [4.69, 9.17) is 0 Å². The highest BCUT2D eigenvalue weighted by molar-refractivity contribution is 6.02. The summed E-state index contributed by atoms with van der Waals surface area (Å²) < 4.78 is 13.0. The van der Waals surface area contributed by atoms with E-state index in [0.29, 0.717) is 11.3 Å². The van der Waals surface area contributed by atoms with Gasteiger partial charge in [0.25, 0.3) is 5.91 Å². The second-order valence-electron chi connectivity index (χ2n) is 6.58. The molecule has 0 aliphatic rings. The van der Waals surface area contributed by atoms with Gasteiger partial charge in [-0.25, -0.2) is 4.39 Å². The number of amides is 2. The Morgan fingerprint density at radius 3 is 2.31 bits per heavy atom. The van der Waals surface area contributed by atoms with Crippen LogP contribution in [0.5, 0.6) is 0 Å². The summed E-state index contributed by atoms with van der Waals surface area (Å²) >= 11 is 0. The first-order chi connectivity index (χ1) is 12.3. The van der Waals surface area contributed by atoms with Gasteiger partial charge in [0.2, 0.25) is 5.91 Å². The fraction of sp³-hybridized carbons (Fsp3) is 0.300. The van der Waals surface area contributed by atoms with Crippen LogP contribution in [0.3, 0.4) is 0 Å². The van der Waals surface area contributed by atoms with Gasteiger partial charge in [0, 0.05) is 37.9 Å². The molecule has 0 heterocycles. The minimum Gasteiger partial charge on any atom is -0.377 e. The molecule has 138 valence electrons. The number of rotatable bonds is 6. The van der Waals surface area contributed by atoms with E-state index < -0.39 is 0 Å². The van der Waals surface area contributed by atoms with Gasteiger partial charge in [-0.3, -0.25) is 9.59 Å². The molecule has 0 spiro atoms. The van der Waals surface area contributed by atoms with Crippen LogP contribution in [0.4, 0.5) is 15.8 Å². The lowest BCUT2D eigenvalue weighted by Gasteiger charge is -2.19. The SMILES string of the molecule is CC(C)C(=O)Nc1ccc(N(C)C)c(C(=O)NCc2ccc(F)cc2)c1. The lowest BCUT2D eigenvalue weighted by Crippen LogP contribution is -2.26. The maximum atomic E-state index is 13.0. The molecule has 2 aromatic rings. The number of carbonyl (C=O) groups excluding carboxylic acids is 2. The van der Waals surface area contributed by atoms with Crippen molar-refractivity contribution in [2.45, 2.75) is 20.4 Å². The van der Waals surface area contributed by atoms with Crippen LogP contribution in [0.1, 0.15) is 29.8 Å². The van der Waals surface area contributed by atoms with E-state index in [-0.39, 0.29) is 30.1 Å². The summed E-state index contributed by atoms with van der Waals surface area (Å²) in [5.41, 5.74) is 2.57. The summed E-state index contributed by atoms with van der Waals surface area (Å²) in [6.07, 6.45) is 0. The van der Waals surface area contributed by atoms with Crippen LogP contribution in [0.15, 0.2) is 42.5 Å². The summed E-state index contributed by atoms with van der Waals surface area (Å²) in [6.45, 7) is 3.90. The van der Waals surface area contributed by atoms with Crippen molar-refractivity contribution < 1.29 is 14.0 Å². The first-order valence-corrected chi connectivity index (χ1v) is 8.43. The lowest BCUT2D eigenvalue weighted by molar-refractivity contribution is -0.118. The Morgan fingerprint density at radius 1 is 1.08 bits per heavy atom. The summed E-state index contributed by atoms with van der Waals surface area (Å²) in [6, 6.07) is 11.2. The quantitative estimate of drug-likeness (QED) is 0.833. The van der Waals surface area contributed by atoms with E-state index in [9.17, 15) is 14.0 Å². The van der Waals surface area contributed by atoms with Crippen LogP contribution in [-0.2, 0) is 11.3 Å². The molecule has 6 heteroatoms. The summed E-state index contributed by atoms with van der Waals surface area (Å²) in [7, 11) is 3.69. The maximum Gasteiger partial charge on any atom is 0.253 e. The predicted octanol–water partition coefficient (Wildman–Crippen LogP) is 3.42. The van der Waals surface area contributed by atoms with E-state index >= 15 is 0 Å². The van der Waals surface area contributed by atoms with E-state index in [1.165, 1.54) is 12.1 Å². The van der Waals surface area contributed by atoms with Gasteiger partial charge in [0.15, 0.2) is 0 Å². The van der Waals surface area contributed by atoms with Crippen LogP contribution >= 0.6 is 0 Å². The Hall–Kier alpha value is -2.89. The lowest BCUT2D eigenvalue weighted by atomic mass is 10.1. The van der Waals surface area contributed by atoms with Gasteiger partial charge in [0.1, 0.15) is 5.82 Å². The predicted molar refractivity (Wildman–Crippen MR) is 102 cm³/mol. The monoisotopic (exact) mass is 357 g/mol. The molecule has 0 aromatic heterocycles. The molecule has 0 bridgehead atoms. The van der Waals surface area contributed by atoms with E-state index in [1.54, 1.807) is 44.2 Å². The van der Waals surface area contributed by atoms with Crippen molar-refractivity contribution in [1.82, 2.24) is 5.32 Å². The molecule has 5 nitrogen and oxygen atoms in total. The standard InChI is InChI=1S/C20H24FN3O2/c1-13(2)19(25)23-16-9-10-18(24(3)4)17(11-16)20(26)22-12-14-5-7-15(21)8-6-14/h5-11,13H,12H2,1-4H3,(H,22,26)(H,23,25). The Bertz CT molecular complexity index is 786. The van der Waals surface area contributed by atoms with Crippen molar-refractivity contribution in [3.8, 4) is 0 Å². The second kappa shape index (κ2) is 8.47. The van der Waals surface area contributed by atoms with E-state index in [1.807, 2.05) is 19.0 Å². The van der Waals surface area contributed by atoms with Crippen LogP contribution < -0.4 is 15.5 Å². The van der Waals surface area contributed by atoms with Crippen molar-refractivity contribution >= 4 is 23.2 Å². The summed E-state index contributed by atoms with van der Waals surface area (Å²) in [5, 5.41) is 5.64. The molecule has 26 heavy (non-hydrogen) atoms. The number of hydrogen-bond donors (Lipinski definition) is 2. The molecular formula is C20H24FN3O2. The third-order valence-electron chi connectivity index (χ3n) is 3.88. The smallest absolute Gasteiger partial charge is 0.253 e. The van der Waals surface area contributed by atoms with E-state index in [2.05, 4.69) is 10.6 Å². The first-order valence-electron chi connectivity index (χ1n) is 8.43. The molecule has 0 aliphatic heterocycles. The summed E-state index contributed by atoms with van der Waals surface area (Å²) in [4.78, 5) is 26.4. The highest BCUT2D eigenvalue weighted by Gasteiger charge is 2.15. The van der Waals surface area contributed by atoms with Crippen molar-refractivity contribution in [3.63, 3.8) is 0 Å². The molecule has 0 unspecified atom stereocenters. The molecule has 0 fully saturated rings. The van der Waals surface area contributed by atoms with Gasteiger partial charge in [-0.1, -0.05) is 26.0 Å². The molecule has 0 atom stereocenters. The Balaban J connectivity index is 2.19. The number of hydrogen-bond acceptors (Lipinski definition) is 3. The normalized spacial score (nSPS) is 10.5. The van der Waals surface area contributed by atoms with Gasteiger partial charge in [0.05, 0.1) is 5.56 Å². The number of halogens is 1. The average molecular weight is 357 g/mol. The minimum atomic E-state index is -0.316. The number of carbonyl (C=O) groups is 2. The number of anilines is 2. The minimum absolute atomic E-state index is 0.111. The maximum absolute atomic E-state index is 13.0. The zero-order chi connectivity index (χ0) is 19.3. The third-order valence-corrected chi connectivity index (χ3v) is 3.88. The highest BCUT2D eigenvalue weighted by atomic mass is 19.1. The average Bonchev–Trinajstić information content (AvgIpc) is 2.60. The zero-order valence-electron chi connectivity index (χ0n) is 15.5. The Morgan fingerprint density at radius 2 is 1.73 bits per heavy atom. The van der Waals surface area contributed by atoms with E-state index in [0.717, 1.165) is 11.3 Å². The number of benzene rings is 2. The van der Waals surface area contributed by atoms with Crippen LogP contribution in [0, 0.1) is 11.7 Å². The Kier molecular flexibility index (Phi) is 6.33. The molecule has 2 amide bonds. The molecular weight excluding hydrogens is 333 g/mol. The van der Waals surface area contributed by atoms with Gasteiger partial charge in [-0.2, -0.15) is 0 Å². The molecule has 2 aromatic carbocycles. The van der Waals surface area contributed by atoms with Crippen molar-refractivity contribution in [3.05, 3.63) is 59.4 Å². The second-order valence-corrected chi connectivity index (χ2v) is 6.58. The molecule has 0 saturated carbocycles. The largest absolute Gasteiger partial charge is 0.377 e. The number of nitrogens with one attached hydrogen (secondary N) is 2. The molecule has 2 rings (SSSR count). The zero-order valence-corrected chi connectivity index (χ0v) is 15.5. The van der Waals surface area contributed by atoms with Crippen molar-refractivity contribution in [1.29, 1.82) is 0 Å². The molecule has 2 N–H and O–H groups in total. The molecule has 0 radical (unpaired) electrons. The number of nitrogens with zero attached hydrogens (tertiary/aromatic N) is 1. The van der Waals surface area contributed by atoms with Crippen LogP contribution in [-0.4, -0.2) is 25.9 Å². The molecule has 0 aliphatic carbocycles. The fourth-order valence-electron chi connectivity index (χ4n) is 2.35. The molecule has 0 saturated heterocycles. The summed E-state index contributed by atoms with van der Waals surface area (Å²) in [5.74, 6) is -0.846. The topological polar surface area (TPSA) is 61.4 Å². The Labute approximate surface area is 153 Å². The third kappa shape index (κ3) is 5.05. The van der Waals surface area contributed by atoms with Crippen LogP contribution in [0.2, 0.25) is 0 Å². The van der Waals surface area contributed by atoms with Gasteiger partial charge < -0.3 is 15.5 Å². The van der Waals surface area contributed by atoms with Gasteiger partial charge >= 0.3 is 0 Å². The van der Waals surface area contributed by atoms with Gasteiger partial charge in [-0.05, 0) is 35.9 Å². The van der Waals surface area contributed by atoms with Gasteiger partial charge in [-0.15, -0.1) is 0 Å². The first kappa shape index (κ1) is 19.4. The van der Waals surface area contributed by atoms with Crippen LogP contribution in [0.25, 0.3) is 0 Å². The van der Waals surface area contributed by atoms with Crippen molar-refractivity contribution in [2.75, 3.05) is 24.3 Å².